The van der Waals surface area contributed by atoms with Crippen LogP contribution in [0.1, 0.15) is 5.56 Å². The van der Waals surface area contributed by atoms with Crippen molar-refractivity contribution in [2.75, 3.05) is 20.2 Å². The van der Waals surface area contributed by atoms with Crippen molar-refractivity contribution in [1.29, 1.82) is 0 Å². The number of benzene rings is 1. The second-order valence-electron chi connectivity index (χ2n) is 4.22. The normalized spacial score (nSPS) is 15.4. The monoisotopic (exact) mass is 262 g/mol. The molecule has 0 spiro atoms. The van der Waals surface area contributed by atoms with Gasteiger partial charge in [-0.05, 0) is 18.6 Å². The molecule has 100 valence electrons. The van der Waals surface area contributed by atoms with Crippen molar-refractivity contribution >= 4 is 17.8 Å². The second kappa shape index (κ2) is 5.09. The molecule has 4 amide bonds. The fourth-order valence-corrected chi connectivity index (χ4v) is 1.78. The van der Waals surface area contributed by atoms with Gasteiger partial charge in [-0.15, -0.1) is 0 Å². The lowest BCUT2D eigenvalue weighted by Crippen LogP contribution is -2.35. The first kappa shape index (κ1) is 13.1. The van der Waals surface area contributed by atoms with Gasteiger partial charge in [-0.25, -0.2) is 4.79 Å². The zero-order valence-corrected chi connectivity index (χ0v) is 10.8. The van der Waals surface area contributed by atoms with Crippen LogP contribution in [0.5, 0.6) is 5.75 Å². The first-order chi connectivity index (χ1) is 9.02. The van der Waals surface area contributed by atoms with E-state index in [4.69, 9.17) is 4.74 Å². The first-order valence-electron chi connectivity index (χ1n) is 5.84. The third-order valence-corrected chi connectivity index (χ3v) is 2.92. The maximum absolute atomic E-state index is 11.6. The molecule has 1 aliphatic rings. The molecule has 0 saturated carbocycles. The van der Waals surface area contributed by atoms with Gasteiger partial charge in [0, 0.05) is 7.05 Å². The molecule has 0 radical (unpaired) electrons. The predicted molar refractivity (Wildman–Crippen MR) is 66.6 cm³/mol. The summed E-state index contributed by atoms with van der Waals surface area (Å²) in [7, 11) is 1.28. The standard InChI is InChI=1S/C13H14N2O4/c1-9-5-3-4-6-10(9)19-8-7-15-12(17)11(16)14(2)13(15)18/h3-6H,7-8H2,1-2H3. The van der Waals surface area contributed by atoms with Crippen molar-refractivity contribution in [3.05, 3.63) is 29.8 Å². The summed E-state index contributed by atoms with van der Waals surface area (Å²) in [6.45, 7) is 2.12. The molecule has 6 nitrogen and oxygen atoms in total. The Kier molecular flexibility index (Phi) is 3.50. The largest absolute Gasteiger partial charge is 0.491 e. The lowest BCUT2D eigenvalue weighted by Gasteiger charge is -2.14. The Bertz CT molecular complexity index is 541. The van der Waals surface area contributed by atoms with Crippen LogP contribution in [0.25, 0.3) is 0 Å². The Balaban J connectivity index is 1.94. The number of aryl methyl sites for hydroxylation is 1. The Hall–Kier alpha value is -2.37. The maximum Gasteiger partial charge on any atom is 0.334 e. The molecule has 1 aromatic rings. The highest BCUT2D eigenvalue weighted by atomic mass is 16.5. The van der Waals surface area contributed by atoms with Gasteiger partial charge in [-0.2, -0.15) is 0 Å². The summed E-state index contributed by atoms with van der Waals surface area (Å²) in [5.74, 6) is -0.914. The summed E-state index contributed by atoms with van der Waals surface area (Å²) >= 11 is 0. The van der Waals surface area contributed by atoms with E-state index in [0.717, 1.165) is 15.4 Å². The van der Waals surface area contributed by atoms with Crippen LogP contribution in [0.15, 0.2) is 24.3 Å². The number of imide groups is 2. The number of likely N-dealkylation sites (N-methyl/N-ethyl adjacent to an activating group) is 1. The Morgan fingerprint density at radius 2 is 1.79 bits per heavy atom. The number of hydrogen-bond acceptors (Lipinski definition) is 4. The van der Waals surface area contributed by atoms with Gasteiger partial charge in [-0.3, -0.25) is 19.4 Å². The van der Waals surface area contributed by atoms with Crippen LogP contribution < -0.4 is 4.74 Å². The third kappa shape index (κ3) is 2.42. The van der Waals surface area contributed by atoms with E-state index in [1.807, 2.05) is 25.1 Å². The summed E-state index contributed by atoms with van der Waals surface area (Å²) in [5, 5.41) is 0. The number of amides is 4. The number of nitrogens with zero attached hydrogens (tertiary/aromatic N) is 2. The topological polar surface area (TPSA) is 66.9 Å². The molecule has 1 fully saturated rings. The van der Waals surface area contributed by atoms with Crippen LogP contribution in [0, 0.1) is 6.92 Å². The highest BCUT2D eigenvalue weighted by molar-refractivity contribution is 6.44. The second-order valence-corrected chi connectivity index (χ2v) is 4.22. The van der Waals surface area contributed by atoms with Crippen LogP contribution >= 0.6 is 0 Å². The van der Waals surface area contributed by atoms with E-state index >= 15 is 0 Å². The summed E-state index contributed by atoms with van der Waals surface area (Å²) in [6.07, 6.45) is 0. The molecule has 0 N–H and O–H groups in total. The molecule has 1 aliphatic heterocycles. The number of carbonyl (C=O) groups excluding carboxylic acids is 3. The Morgan fingerprint density at radius 3 is 2.37 bits per heavy atom. The molecule has 6 heteroatoms. The van der Waals surface area contributed by atoms with Crippen molar-refractivity contribution < 1.29 is 19.1 Å². The van der Waals surface area contributed by atoms with Crippen molar-refractivity contribution in [2.45, 2.75) is 6.92 Å². The van der Waals surface area contributed by atoms with Gasteiger partial charge < -0.3 is 4.74 Å². The fourth-order valence-electron chi connectivity index (χ4n) is 1.78. The Labute approximate surface area is 110 Å². The van der Waals surface area contributed by atoms with Crippen LogP contribution in [0.4, 0.5) is 4.79 Å². The van der Waals surface area contributed by atoms with E-state index in [2.05, 4.69) is 0 Å². The molecule has 0 unspecified atom stereocenters. The number of para-hydroxylation sites is 1. The Morgan fingerprint density at radius 1 is 1.11 bits per heavy atom. The van der Waals surface area contributed by atoms with E-state index in [9.17, 15) is 14.4 Å². The highest BCUT2D eigenvalue weighted by Crippen LogP contribution is 2.16. The van der Waals surface area contributed by atoms with Gasteiger partial charge in [0.1, 0.15) is 12.4 Å². The van der Waals surface area contributed by atoms with Crippen LogP contribution in [-0.2, 0) is 9.59 Å². The summed E-state index contributed by atoms with van der Waals surface area (Å²) < 4.78 is 5.49. The van der Waals surface area contributed by atoms with Crippen molar-refractivity contribution in [2.24, 2.45) is 0 Å². The average molecular weight is 262 g/mol. The molecular weight excluding hydrogens is 248 g/mol. The molecular formula is C13H14N2O4. The molecule has 1 heterocycles. The lowest BCUT2D eigenvalue weighted by atomic mass is 10.2. The van der Waals surface area contributed by atoms with Gasteiger partial charge in [0.05, 0.1) is 6.54 Å². The predicted octanol–water partition coefficient (Wildman–Crippen LogP) is 0.794. The van der Waals surface area contributed by atoms with Gasteiger partial charge >= 0.3 is 17.8 Å². The number of carbonyl (C=O) groups is 3. The number of rotatable bonds is 4. The van der Waals surface area contributed by atoms with E-state index in [-0.39, 0.29) is 13.2 Å². The number of urea groups is 1. The van der Waals surface area contributed by atoms with Gasteiger partial charge in [0.15, 0.2) is 0 Å². The van der Waals surface area contributed by atoms with Crippen molar-refractivity contribution in [1.82, 2.24) is 9.80 Å². The number of ether oxygens (including phenoxy) is 1. The minimum Gasteiger partial charge on any atom is -0.491 e. The molecule has 0 bridgehead atoms. The maximum atomic E-state index is 11.6. The van der Waals surface area contributed by atoms with Crippen molar-refractivity contribution in [3.63, 3.8) is 0 Å². The van der Waals surface area contributed by atoms with Crippen LogP contribution in [-0.4, -0.2) is 47.8 Å². The van der Waals surface area contributed by atoms with Crippen molar-refractivity contribution in [3.8, 4) is 5.75 Å². The van der Waals surface area contributed by atoms with Crippen LogP contribution in [0.3, 0.4) is 0 Å². The molecule has 0 atom stereocenters. The zero-order valence-electron chi connectivity index (χ0n) is 10.8. The van der Waals surface area contributed by atoms with E-state index in [1.54, 1.807) is 6.07 Å². The first-order valence-corrected chi connectivity index (χ1v) is 5.84. The molecule has 2 rings (SSSR count). The average Bonchev–Trinajstić information content (AvgIpc) is 2.58. The summed E-state index contributed by atoms with van der Waals surface area (Å²) in [5.41, 5.74) is 0.967. The SMILES string of the molecule is Cc1ccccc1OCCN1C(=O)C(=O)N(C)C1=O. The molecule has 1 saturated heterocycles. The van der Waals surface area contributed by atoms with Gasteiger partial charge in [0.25, 0.3) is 0 Å². The minimum atomic E-state index is -0.805. The minimum absolute atomic E-state index is 0.0576. The number of hydrogen-bond donors (Lipinski definition) is 0. The molecule has 0 aliphatic carbocycles. The van der Waals surface area contributed by atoms with Gasteiger partial charge in [-0.1, -0.05) is 18.2 Å². The molecule has 19 heavy (non-hydrogen) atoms. The summed E-state index contributed by atoms with van der Waals surface area (Å²) in [6, 6.07) is 6.83. The highest BCUT2D eigenvalue weighted by Gasteiger charge is 2.41. The fraction of sp³-hybridized carbons (Fsp3) is 0.308. The van der Waals surface area contributed by atoms with Gasteiger partial charge in [0.2, 0.25) is 0 Å². The quantitative estimate of drug-likeness (QED) is 0.594. The van der Waals surface area contributed by atoms with E-state index in [0.29, 0.717) is 5.75 Å². The van der Waals surface area contributed by atoms with E-state index < -0.39 is 17.8 Å². The zero-order chi connectivity index (χ0) is 14.0. The summed E-state index contributed by atoms with van der Waals surface area (Å²) in [4.78, 5) is 36.1. The lowest BCUT2D eigenvalue weighted by molar-refractivity contribution is -0.142. The third-order valence-electron chi connectivity index (χ3n) is 2.92. The molecule has 1 aromatic carbocycles. The molecule has 0 aromatic heterocycles. The smallest absolute Gasteiger partial charge is 0.334 e. The van der Waals surface area contributed by atoms with Crippen LogP contribution in [0.2, 0.25) is 0 Å². The van der Waals surface area contributed by atoms with E-state index in [1.165, 1.54) is 7.05 Å².